The Labute approximate surface area is 148 Å². The SMILES string of the molecule is CC1CCC(N2CC(C(=O)N3CCc4c(nnn4C)C3)CC2=O)CC1. The third-order valence-electron chi connectivity index (χ3n) is 6.23. The Balaban J connectivity index is 1.39. The molecule has 25 heavy (non-hydrogen) atoms. The molecule has 2 amide bonds. The lowest BCUT2D eigenvalue weighted by Gasteiger charge is -2.34. The van der Waals surface area contributed by atoms with Gasteiger partial charge in [-0.1, -0.05) is 12.1 Å². The summed E-state index contributed by atoms with van der Waals surface area (Å²) < 4.78 is 1.79. The van der Waals surface area contributed by atoms with Crippen molar-refractivity contribution in [2.24, 2.45) is 18.9 Å². The predicted molar refractivity (Wildman–Crippen MR) is 91.4 cm³/mol. The molecule has 1 aromatic rings. The van der Waals surface area contributed by atoms with E-state index in [4.69, 9.17) is 0 Å². The molecular formula is C18H27N5O2. The van der Waals surface area contributed by atoms with Crippen molar-refractivity contribution in [3.05, 3.63) is 11.4 Å². The van der Waals surface area contributed by atoms with E-state index < -0.39 is 0 Å². The van der Waals surface area contributed by atoms with Crippen LogP contribution in [0.15, 0.2) is 0 Å². The smallest absolute Gasteiger partial charge is 0.228 e. The van der Waals surface area contributed by atoms with Crippen molar-refractivity contribution >= 4 is 11.8 Å². The average Bonchev–Trinajstić information content (AvgIpc) is 3.18. The Morgan fingerprint density at radius 1 is 1.20 bits per heavy atom. The molecule has 3 aliphatic rings. The number of hydrogen-bond donors (Lipinski definition) is 0. The number of aromatic nitrogens is 3. The molecule has 1 unspecified atom stereocenters. The first-order valence-electron chi connectivity index (χ1n) is 9.48. The molecule has 1 atom stereocenters. The van der Waals surface area contributed by atoms with Gasteiger partial charge in [-0.25, -0.2) is 0 Å². The summed E-state index contributed by atoms with van der Waals surface area (Å²) >= 11 is 0. The lowest BCUT2D eigenvalue weighted by Crippen LogP contribution is -2.42. The number of nitrogens with zero attached hydrogens (tertiary/aromatic N) is 5. The van der Waals surface area contributed by atoms with Crippen molar-refractivity contribution in [1.29, 1.82) is 0 Å². The second kappa shape index (κ2) is 6.42. The molecule has 0 bridgehead atoms. The minimum absolute atomic E-state index is 0.108. The van der Waals surface area contributed by atoms with Crippen LogP contribution in [0.25, 0.3) is 0 Å². The number of aryl methyl sites for hydroxylation is 1. The van der Waals surface area contributed by atoms with E-state index in [2.05, 4.69) is 17.2 Å². The molecular weight excluding hydrogens is 318 g/mol. The van der Waals surface area contributed by atoms with Gasteiger partial charge >= 0.3 is 0 Å². The minimum Gasteiger partial charge on any atom is -0.339 e. The summed E-state index contributed by atoms with van der Waals surface area (Å²) in [5.74, 6) is 0.845. The third-order valence-corrected chi connectivity index (χ3v) is 6.23. The van der Waals surface area contributed by atoms with E-state index in [1.807, 2.05) is 16.8 Å². The summed E-state index contributed by atoms with van der Waals surface area (Å²) in [4.78, 5) is 29.3. The van der Waals surface area contributed by atoms with E-state index in [1.165, 1.54) is 12.8 Å². The van der Waals surface area contributed by atoms with E-state index >= 15 is 0 Å². The second-order valence-electron chi connectivity index (χ2n) is 7.98. The van der Waals surface area contributed by atoms with E-state index in [1.54, 1.807) is 4.68 Å². The lowest BCUT2D eigenvalue weighted by atomic mass is 9.86. The fraction of sp³-hybridized carbons (Fsp3) is 0.778. The van der Waals surface area contributed by atoms with Gasteiger partial charge in [-0.05, 0) is 31.6 Å². The van der Waals surface area contributed by atoms with Crippen LogP contribution in [-0.2, 0) is 29.6 Å². The summed E-state index contributed by atoms with van der Waals surface area (Å²) in [5, 5.41) is 8.21. The number of amides is 2. The largest absolute Gasteiger partial charge is 0.339 e. The van der Waals surface area contributed by atoms with Crippen LogP contribution in [0.1, 0.15) is 50.4 Å². The fourth-order valence-electron chi connectivity index (χ4n) is 4.60. The Morgan fingerprint density at radius 2 is 1.96 bits per heavy atom. The van der Waals surface area contributed by atoms with Gasteiger partial charge in [0.15, 0.2) is 0 Å². The average molecular weight is 345 g/mol. The monoisotopic (exact) mass is 345 g/mol. The number of hydrogen-bond acceptors (Lipinski definition) is 4. The van der Waals surface area contributed by atoms with Crippen LogP contribution >= 0.6 is 0 Å². The van der Waals surface area contributed by atoms with Crippen molar-refractivity contribution in [3.63, 3.8) is 0 Å². The summed E-state index contributed by atoms with van der Waals surface area (Å²) in [5.41, 5.74) is 2.01. The zero-order valence-corrected chi connectivity index (χ0v) is 15.1. The van der Waals surface area contributed by atoms with Crippen LogP contribution in [0, 0.1) is 11.8 Å². The number of carbonyl (C=O) groups excluding carboxylic acids is 2. The topological polar surface area (TPSA) is 71.3 Å². The van der Waals surface area contributed by atoms with Crippen LogP contribution in [-0.4, -0.2) is 55.7 Å². The van der Waals surface area contributed by atoms with E-state index in [0.717, 1.165) is 36.6 Å². The Hall–Kier alpha value is -1.92. The Kier molecular flexibility index (Phi) is 4.25. The molecule has 2 fully saturated rings. The standard InChI is InChI=1S/C18H27N5O2/c1-12-3-5-14(6-4-12)23-10-13(9-17(23)24)18(25)22-8-7-16-15(11-22)19-20-21(16)2/h12-14H,3-11H2,1-2H3. The van der Waals surface area contributed by atoms with Gasteiger partial charge in [0.2, 0.25) is 11.8 Å². The highest BCUT2D eigenvalue weighted by Crippen LogP contribution is 2.32. The normalized spacial score (nSPS) is 29.8. The van der Waals surface area contributed by atoms with Crippen LogP contribution in [0.3, 0.4) is 0 Å². The molecule has 1 aromatic heterocycles. The molecule has 0 radical (unpaired) electrons. The zero-order chi connectivity index (χ0) is 17.6. The first kappa shape index (κ1) is 16.5. The van der Waals surface area contributed by atoms with Gasteiger partial charge in [0.1, 0.15) is 5.69 Å². The second-order valence-corrected chi connectivity index (χ2v) is 7.98. The highest BCUT2D eigenvalue weighted by atomic mass is 16.2. The Bertz CT molecular complexity index is 677. The Morgan fingerprint density at radius 3 is 2.72 bits per heavy atom. The minimum atomic E-state index is -0.190. The maximum Gasteiger partial charge on any atom is 0.228 e. The summed E-state index contributed by atoms with van der Waals surface area (Å²) in [6.45, 7) is 4.10. The molecule has 1 aliphatic carbocycles. The van der Waals surface area contributed by atoms with Gasteiger partial charge in [-0.3, -0.25) is 14.3 Å². The lowest BCUT2D eigenvalue weighted by molar-refractivity contribution is -0.136. The first-order valence-corrected chi connectivity index (χ1v) is 9.48. The van der Waals surface area contributed by atoms with Crippen molar-refractivity contribution < 1.29 is 9.59 Å². The molecule has 1 saturated carbocycles. The molecule has 0 aromatic carbocycles. The molecule has 4 rings (SSSR count). The van der Waals surface area contributed by atoms with Crippen molar-refractivity contribution in [3.8, 4) is 0 Å². The zero-order valence-electron chi connectivity index (χ0n) is 15.1. The number of carbonyl (C=O) groups is 2. The highest BCUT2D eigenvalue weighted by Gasteiger charge is 2.40. The van der Waals surface area contributed by atoms with Gasteiger partial charge in [0.05, 0.1) is 18.2 Å². The molecule has 3 heterocycles. The maximum atomic E-state index is 12.9. The third kappa shape index (κ3) is 3.04. The fourth-order valence-corrected chi connectivity index (χ4v) is 4.60. The number of rotatable bonds is 2. The molecule has 0 spiro atoms. The molecule has 7 heteroatoms. The number of fused-ring (bicyclic) bond motifs is 1. The maximum absolute atomic E-state index is 12.9. The van der Waals surface area contributed by atoms with Crippen LogP contribution in [0.2, 0.25) is 0 Å². The van der Waals surface area contributed by atoms with E-state index in [9.17, 15) is 9.59 Å². The van der Waals surface area contributed by atoms with Gasteiger partial charge in [-0.2, -0.15) is 0 Å². The van der Waals surface area contributed by atoms with E-state index in [-0.39, 0.29) is 17.7 Å². The van der Waals surface area contributed by atoms with Crippen molar-refractivity contribution in [2.75, 3.05) is 13.1 Å². The van der Waals surface area contributed by atoms with Crippen molar-refractivity contribution in [1.82, 2.24) is 24.8 Å². The summed E-state index contributed by atoms with van der Waals surface area (Å²) in [7, 11) is 1.89. The van der Waals surface area contributed by atoms with Crippen LogP contribution < -0.4 is 0 Å². The summed E-state index contributed by atoms with van der Waals surface area (Å²) in [6, 6.07) is 0.342. The molecule has 1 saturated heterocycles. The molecule has 0 N–H and O–H groups in total. The van der Waals surface area contributed by atoms with Crippen molar-refractivity contribution in [2.45, 2.75) is 58.0 Å². The van der Waals surface area contributed by atoms with Gasteiger partial charge < -0.3 is 9.80 Å². The number of likely N-dealkylation sites (tertiary alicyclic amines) is 1. The molecule has 7 nitrogen and oxygen atoms in total. The van der Waals surface area contributed by atoms with Gasteiger partial charge in [0, 0.05) is 39.0 Å². The quantitative estimate of drug-likeness (QED) is 0.805. The predicted octanol–water partition coefficient (Wildman–Crippen LogP) is 1.13. The van der Waals surface area contributed by atoms with E-state index in [0.29, 0.717) is 32.1 Å². The molecule has 2 aliphatic heterocycles. The highest BCUT2D eigenvalue weighted by molar-refractivity contribution is 5.89. The molecule has 136 valence electrons. The van der Waals surface area contributed by atoms with Crippen LogP contribution in [0.4, 0.5) is 0 Å². The summed E-state index contributed by atoms with van der Waals surface area (Å²) in [6.07, 6.45) is 5.70. The first-order chi connectivity index (χ1) is 12.0. The van der Waals surface area contributed by atoms with Crippen LogP contribution in [0.5, 0.6) is 0 Å². The van der Waals surface area contributed by atoms with Gasteiger partial charge in [-0.15, -0.1) is 5.10 Å². The van der Waals surface area contributed by atoms with Gasteiger partial charge in [0.25, 0.3) is 0 Å².